The summed E-state index contributed by atoms with van der Waals surface area (Å²) >= 11 is 0. The van der Waals surface area contributed by atoms with Gasteiger partial charge in [-0.15, -0.1) is 0 Å². The molecule has 0 aliphatic rings. The number of aromatic hydroxyl groups is 1. The van der Waals surface area contributed by atoms with Gasteiger partial charge in [-0.1, -0.05) is 13.8 Å². The van der Waals surface area contributed by atoms with Crippen molar-refractivity contribution >= 4 is 0 Å². The van der Waals surface area contributed by atoms with Crippen molar-refractivity contribution in [3.05, 3.63) is 28.8 Å². The van der Waals surface area contributed by atoms with Crippen molar-refractivity contribution in [3.63, 3.8) is 0 Å². The molecule has 0 saturated carbocycles. The van der Waals surface area contributed by atoms with Crippen LogP contribution < -0.4 is 0 Å². The third-order valence-electron chi connectivity index (χ3n) is 2.29. The van der Waals surface area contributed by atoms with Crippen molar-refractivity contribution in [2.24, 2.45) is 5.92 Å². The molecule has 0 fully saturated rings. The van der Waals surface area contributed by atoms with Gasteiger partial charge in [0.1, 0.15) is 5.75 Å². The largest absolute Gasteiger partial charge is 0.508 e. The van der Waals surface area contributed by atoms with Crippen LogP contribution in [0.3, 0.4) is 0 Å². The van der Waals surface area contributed by atoms with E-state index in [0.29, 0.717) is 11.7 Å². The molecule has 0 aliphatic carbocycles. The van der Waals surface area contributed by atoms with Gasteiger partial charge in [-0.25, -0.2) is 0 Å². The second kappa shape index (κ2) is 3.82. The molecule has 72 valence electrons. The van der Waals surface area contributed by atoms with Gasteiger partial charge >= 0.3 is 0 Å². The van der Waals surface area contributed by atoms with Crippen molar-refractivity contribution in [2.75, 3.05) is 0 Å². The average molecular weight is 178 g/mol. The van der Waals surface area contributed by atoms with Gasteiger partial charge in [-0.3, -0.25) is 0 Å². The van der Waals surface area contributed by atoms with E-state index in [-0.39, 0.29) is 0 Å². The Kier molecular flexibility index (Phi) is 2.97. The van der Waals surface area contributed by atoms with Gasteiger partial charge in [0.25, 0.3) is 0 Å². The van der Waals surface area contributed by atoms with Gasteiger partial charge in [0.15, 0.2) is 0 Å². The van der Waals surface area contributed by atoms with E-state index in [9.17, 15) is 5.11 Å². The maximum absolute atomic E-state index is 9.35. The Morgan fingerprint density at radius 1 is 1.15 bits per heavy atom. The average Bonchev–Trinajstić information content (AvgIpc) is 1.96. The summed E-state index contributed by atoms with van der Waals surface area (Å²) in [6.07, 6.45) is 1.10. The smallest absolute Gasteiger partial charge is 0.116 e. The molecule has 0 unspecified atom stereocenters. The Balaban J connectivity index is 3.06. The summed E-state index contributed by atoms with van der Waals surface area (Å²) < 4.78 is 0. The van der Waals surface area contributed by atoms with Crippen LogP contribution in [0.4, 0.5) is 0 Å². The Bertz CT molecular complexity index is 277. The van der Waals surface area contributed by atoms with Crippen molar-refractivity contribution in [1.29, 1.82) is 0 Å². The van der Waals surface area contributed by atoms with Gasteiger partial charge in [0, 0.05) is 0 Å². The number of hydrogen-bond acceptors (Lipinski definition) is 1. The molecule has 1 aromatic carbocycles. The van der Waals surface area contributed by atoms with E-state index in [1.807, 2.05) is 12.1 Å². The summed E-state index contributed by atoms with van der Waals surface area (Å²) in [6.45, 7) is 8.55. The highest BCUT2D eigenvalue weighted by Gasteiger charge is 2.06. The normalized spacial score (nSPS) is 10.8. The first-order valence-electron chi connectivity index (χ1n) is 4.79. The highest BCUT2D eigenvalue weighted by Crippen LogP contribution is 2.22. The molecular formula is C12H18O. The third kappa shape index (κ3) is 2.48. The second-order valence-corrected chi connectivity index (χ2v) is 4.16. The summed E-state index contributed by atoms with van der Waals surface area (Å²) in [5.74, 6) is 1.05. The number of aryl methyl sites for hydroxylation is 2. The van der Waals surface area contributed by atoms with E-state index in [2.05, 4.69) is 27.7 Å². The van der Waals surface area contributed by atoms with Crippen molar-refractivity contribution < 1.29 is 5.11 Å². The van der Waals surface area contributed by atoms with Crippen LogP contribution in [0.1, 0.15) is 30.5 Å². The zero-order valence-electron chi connectivity index (χ0n) is 8.89. The molecule has 1 heteroatoms. The molecule has 0 aliphatic heterocycles. The molecule has 0 amide bonds. The van der Waals surface area contributed by atoms with Crippen LogP contribution >= 0.6 is 0 Å². The number of hydrogen-bond donors (Lipinski definition) is 1. The van der Waals surface area contributed by atoms with Crippen LogP contribution in [-0.4, -0.2) is 5.11 Å². The van der Waals surface area contributed by atoms with Crippen LogP contribution in [0, 0.1) is 19.8 Å². The molecule has 0 spiro atoms. The SMILES string of the molecule is Cc1cc(O)cc(C)c1CC(C)C. The van der Waals surface area contributed by atoms with Gasteiger partial charge in [0.2, 0.25) is 0 Å². The van der Waals surface area contributed by atoms with Gasteiger partial charge in [-0.05, 0) is 55.0 Å². The summed E-state index contributed by atoms with van der Waals surface area (Å²) in [7, 11) is 0. The maximum Gasteiger partial charge on any atom is 0.116 e. The fraction of sp³-hybridized carbons (Fsp3) is 0.500. The predicted molar refractivity (Wildman–Crippen MR) is 56.1 cm³/mol. The molecular weight excluding hydrogens is 160 g/mol. The van der Waals surface area contributed by atoms with Crippen molar-refractivity contribution in [3.8, 4) is 5.75 Å². The first-order chi connectivity index (χ1) is 6.00. The highest BCUT2D eigenvalue weighted by molar-refractivity contribution is 5.40. The molecule has 1 rings (SSSR count). The first-order valence-corrected chi connectivity index (χ1v) is 4.79. The fourth-order valence-electron chi connectivity index (χ4n) is 1.70. The van der Waals surface area contributed by atoms with Crippen LogP contribution in [0.2, 0.25) is 0 Å². The zero-order valence-corrected chi connectivity index (χ0v) is 8.89. The van der Waals surface area contributed by atoms with E-state index < -0.39 is 0 Å². The van der Waals surface area contributed by atoms with E-state index in [4.69, 9.17) is 0 Å². The van der Waals surface area contributed by atoms with E-state index >= 15 is 0 Å². The van der Waals surface area contributed by atoms with Crippen LogP contribution in [0.25, 0.3) is 0 Å². The topological polar surface area (TPSA) is 20.2 Å². The van der Waals surface area contributed by atoms with Crippen LogP contribution in [0.5, 0.6) is 5.75 Å². The van der Waals surface area contributed by atoms with E-state index in [1.165, 1.54) is 16.7 Å². The number of benzene rings is 1. The Hall–Kier alpha value is -0.980. The van der Waals surface area contributed by atoms with E-state index in [0.717, 1.165) is 6.42 Å². The molecule has 1 nitrogen and oxygen atoms in total. The van der Waals surface area contributed by atoms with Gasteiger partial charge in [-0.2, -0.15) is 0 Å². The highest BCUT2D eigenvalue weighted by atomic mass is 16.3. The molecule has 0 bridgehead atoms. The first kappa shape index (κ1) is 10.1. The molecule has 0 aromatic heterocycles. The van der Waals surface area contributed by atoms with Crippen molar-refractivity contribution in [1.82, 2.24) is 0 Å². The standard InChI is InChI=1S/C12H18O/c1-8(2)5-12-9(3)6-11(13)7-10(12)4/h6-8,13H,5H2,1-4H3. The summed E-state index contributed by atoms with van der Waals surface area (Å²) in [4.78, 5) is 0. The zero-order chi connectivity index (χ0) is 10.0. The Morgan fingerprint density at radius 2 is 1.62 bits per heavy atom. The fourth-order valence-corrected chi connectivity index (χ4v) is 1.70. The number of phenols is 1. The molecule has 0 radical (unpaired) electrons. The predicted octanol–water partition coefficient (Wildman–Crippen LogP) is 3.21. The minimum absolute atomic E-state index is 0.377. The second-order valence-electron chi connectivity index (χ2n) is 4.16. The minimum atomic E-state index is 0.377. The lowest BCUT2D eigenvalue weighted by Crippen LogP contribution is -1.99. The Morgan fingerprint density at radius 3 is 2.00 bits per heavy atom. The Labute approximate surface area is 80.4 Å². The summed E-state index contributed by atoms with van der Waals surface area (Å²) in [5.41, 5.74) is 3.78. The van der Waals surface area contributed by atoms with Crippen LogP contribution in [0.15, 0.2) is 12.1 Å². The minimum Gasteiger partial charge on any atom is -0.508 e. The van der Waals surface area contributed by atoms with Crippen LogP contribution in [-0.2, 0) is 6.42 Å². The number of phenolic OH excluding ortho intramolecular Hbond substituents is 1. The summed E-state index contributed by atoms with van der Waals surface area (Å²) in [5, 5.41) is 9.35. The van der Waals surface area contributed by atoms with Gasteiger partial charge in [0.05, 0.1) is 0 Å². The molecule has 13 heavy (non-hydrogen) atoms. The summed E-state index contributed by atoms with van der Waals surface area (Å²) in [6, 6.07) is 3.68. The van der Waals surface area contributed by atoms with E-state index in [1.54, 1.807) is 0 Å². The maximum atomic E-state index is 9.35. The lowest BCUT2D eigenvalue weighted by Gasteiger charge is -2.12. The lowest BCUT2D eigenvalue weighted by molar-refractivity contribution is 0.473. The monoisotopic (exact) mass is 178 g/mol. The molecule has 1 N–H and O–H groups in total. The molecule has 1 aromatic rings. The van der Waals surface area contributed by atoms with Gasteiger partial charge < -0.3 is 5.11 Å². The third-order valence-corrected chi connectivity index (χ3v) is 2.29. The number of rotatable bonds is 2. The van der Waals surface area contributed by atoms with Crippen molar-refractivity contribution in [2.45, 2.75) is 34.1 Å². The molecule has 0 heterocycles. The quantitative estimate of drug-likeness (QED) is 0.737. The lowest BCUT2D eigenvalue weighted by atomic mass is 9.94. The molecule has 0 atom stereocenters. The molecule has 0 saturated heterocycles.